The van der Waals surface area contributed by atoms with E-state index in [1.165, 1.54) is 5.56 Å². The van der Waals surface area contributed by atoms with E-state index in [1.54, 1.807) is 6.26 Å². The van der Waals surface area contributed by atoms with Gasteiger partial charge in [0.25, 0.3) is 0 Å². The van der Waals surface area contributed by atoms with E-state index in [-0.39, 0.29) is 6.04 Å². The van der Waals surface area contributed by atoms with Crippen molar-refractivity contribution in [2.24, 2.45) is 7.05 Å². The third kappa shape index (κ3) is 2.82. The Balaban J connectivity index is 2.22. The number of nitrogens with one attached hydrogen (secondary N) is 1. The SMILES string of the molecule is CCNC(Cc1ccco1)c1cn(C)nc1CC. The van der Waals surface area contributed by atoms with Gasteiger partial charge >= 0.3 is 0 Å². The molecule has 0 aliphatic rings. The second-order valence-corrected chi connectivity index (χ2v) is 4.45. The molecule has 0 spiro atoms. The van der Waals surface area contributed by atoms with Crippen LogP contribution in [0.15, 0.2) is 29.0 Å². The van der Waals surface area contributed by atoms with Crippen molar-refractivity contribution in [2.75, 3.05) is 6.54 Å². The van der Waals surface area contributed by atoms with E-state index in [4.69, 9.17) is 4.42 Å². The van der Waals surface area contributed by atoms with Gasteiger partial charge in [-0.3, -0.25) is 4.68 Å². The van der Waals surface area contributed by atoms with Gasteiger partial charge in [0.05, 0.1) is 12.0 Å². The third-order valence-electron chi connectivity index (χ3n) is 3.08. The Bertz CT molecular complexity index is 473. The highest BCUT2D eigenvalue weighted by Gasteiger charge is 2.18. The minimum absolute atomic E-state index is 0.268. The van der Waals surface area contributed by atoms with E-state index in [2.05, 4.69) is 30.5 Å². The topological polar surface area (TPSA) is 43.0 Å². The Labute approximate surface area is 108 Å². The van der Waals surface area contributed by atoms with Crippen molar-refractivity contribution in [1.82, 2.24) is 15.1 Å². The monoisotopic (exact) mass is 247 g/mol. The van der Waals surface area contributed by atoms with Crippen LogP contribution in [-0.4, -0.2) is 16.3 Å². The fourth-order valence-electron chi connectivity index (χ4n) is 2.29. The van der Waals surface area contributed by atoms with Crippen LogP contribution in [0, 0.1) is 0 Å². The van der Waals surface area contributed by atoms with Gasteiger partial charge in [-0.05, 0) is 25.1 Å². The first-order valence-electron chi connectivity index (χ1n) is 6.52. The van der Waals surface area contributed by atoms with Gasteiger partial charge in [-0.25, -0.2) is 0 Å². The summed E-state index contributed by atoms with van der Waals surface area (Å²) in [5.74, 6) is 1.01. The van der Waals surface area contributed by atoms with Crippen molar-refractivity contribution in [3.05, 3.63) is 41.6 Å². The van der Waals surface area contributed by atoms with Gasteiger partial charge in [-0.2, -0.15) is 5.10 Å². The van der Waals surface area contributed by atoms with Crippen molar-refractivity contribution >= 4 is 0 Å². The van der Waals surface area contributed by atoms with E-state index < -0.39 is 0 Å². The molecule has 0 fully saturated rings. The molecule has 18 heavy (non-hydrogen) atoms. The molecule has 2 aromatic rings. The number of aryl methyl sites for hydroxylation is 2. The maximum Gasteiger partial charge on any atom is 0.105 e. The van der Waals surface area contributed by atoms with Crippen LogP contribution < -0.4 is 5.32 Å². The van der Waals surface area contributed by atoms with Crippen LogP contribution in [0.2, 0.25) is 0 Å². The summed E-state index contributed by atoms with van der Waals surface area (Å²) in [6.45, 7) is 5.20. The molecule has 2 aromatic heterocycles. The second-order valence-electron chi connectivity index (χ2n) is 4.45. The van der Waals surface area contributed by atoms with Gasteiger partial charge in [-0.15, -0.1) is 0 Å². The number of hydrogen-bond donors (Lipinski definition) is 1. The lowest BCUT2D eigenvalue weighted by Gasteiger charge is -2.16. The largest absolute Gasteiger partial charge is 0.469 e. The lowest BCUT2D eigenvalue weighted by Crippen LogP contribution is -2.23. The average Bonchev–Trinajstić information content (AvgIpc) is 2.97. The molecule has 0 bridgehead atoms. The van der Waals surface area contributed by atoms with Crippen LogP contribution in [0.25, 0.3) is 0 Å². The quantitative estimate of drug-likeness (QED) is 0.852. The Morgan fingerprint density at radius 3 is 2.89 bits per heavy atom. The summed E-state index contributed by atoms with van der Waals surface area (Å²) >= 11 is 0. The summed E-state index contributed by atoms with van der Waals surface area (Å²) in [5.41, 5.74) is 2.44. The molecule has 0 aliphatic heterocycles. The highest BCUT2D eigenvalue weighted by atomic mass is 16.3. The summed E-state index contributed by atoms with van der Waals surface area (Å²) < 4.78 is 7.33. The van der Waals surface area contributed by atoms with E-state index in [0.29, 0.717) is 0 Å². The molecule has 0 radical (unpaired) electrons. The minimum Gasteiger partial charge on any atom is -0.469 e. The zero-order chi connectivity index (χ0) is 13.0. The van der Waals surface area contributed by atoms with Crippen LogP contribution in [0.5, 0.6) is 0 Å². The first-order valence-corrected chi connectivity index (χ1v) is 6.52. The van der Waals surface area contributed by atoms with Crippen LogP contribution in [0.4, 0.5) is 0 Å². The molecular formula is C14H21N3O. The first-order chi connectivity index (χ1) is 8.74. The van der Waals surface area contributed by atoms with Gasteiger partial charge in [-0.1, -0.05) is 13.8 Å². The van der Waals surface area contributed by atoms with E-state index in [1.807, 2.05) is 23.9 Å². The maximum absolute atomic E-state index is 5.44. The Morgan fingerprint density at radius 2 is 2.28 bits per heavy atom. The van der Waals surface area contributed by atoms with E-state index >= 15 is 0 Å². The summed E-state index contributed by atoms with van der Waals surface area (Å²) in [6.07, 6.45) is 5.65. The second kappa shape index (κ2) is 5.87. The number of aromatic nitrogens is 2. The molecule has 1 N–H and O–H groups in total. The highest BCUT2D eigenvalue weighted by Crippen LogP contribution is 2.22. The molecule has 1 unspecified atom stereocenters. The molecule has 0 saturated carbocycles. The summed E-state index contributed by atoms with van der Waals surface area (Å²) in [6, 6.07) is 4.22. The lowest BCUT2D eigenvalue weighted by molar-refractivity contribution is 0.453. The highest BCUT2D eigenvalue weighted by molar-refractivity contribution is 5.23. The number of likely N-dealkylation sites (N-methyl/N-ethyl adjacent to an activating group) is 1. The van der Waals surface area contributed by atoms with Gasteiger partial charge in [0, 0.05) is 31.3 Å². The minimum atomic E-state index is 0.268. The summed E-state index contributed by atoms with van der Waals surface area (Å²) in [5, 5.41) is 8.02. The Morgan fingerprint density at radius 1 is 1.44 bits per heavy atom. The summed E-state index contributed by atoms with van der Waals surface area (Å²) in [4.78, 5) is 0. The third-order valence-corrected chi connectivity index (χ3v) is 3.08. The Hall–Kier alpha value is -1.55. The lowest BCUT2D eigenvalue weighted by atomic mass is 10.0. The molecule has 0 aliphatic carbocycles. The summed E-state index contributed by atoms with van der Waals surface area (Å²) in [7, 11) is 1.97. The zero-order valence-corrected chi connectivity index (χ0v) is 11.3. The van der Waals surface area contributed by atoms with Crippen molar-refractivity contribution in [1.29, 1.82) is 0 Å². The predicted molar refractivity (Wildman–Crippen MR) is 71.4 cm³/mol. The van der Waals surface area contributed by atoms with Gasteiger partial charge < -0.3 is 9.73 Å². The first kappa shape index (κ1) is 12.9. The molecule has 1 atom stereocenters. The van der Waals surface area contributed by atoms with Gasteiger partial charge in [0.1, 0.15) is 5.76 Å². The predicted octanol–water partition coefficient (Wildman–Crippen LogP) is 2.47. The molecule has 4 heteroatoms. The van der Waals surface area contributed by atoms with Gasteiger partial charge in [0.15, 0.2) is 0 Å². The zero-order valence-electron chi connectivity index (χ0n) is 11.3. The molecule has 2 heterocycles. The van der Waals surface area contributed by atoms with Crippen LogP contribution >= 0.6 is 0 Å². The van der Waals surface area contributed by atoms with Crippen LogP contribution in [0.3, 0.4) is 0 Å². The molecule has 0 amide bonds. The standard InChI is InChI=1S/C14H21N3O/c1-4-13-12(10-17(3)16-13)14(15-5-2)9-11-7-6-8-18-11/h6-8,10,14-15H,4-5,9H2,1-3H3. The van der Waals surface area contributed by atoms with Crippen molar-refractivity contribution in [2.45, 2.75) is 32.7 Å². The number of hydrogen-bond acceptors (Lipinski definition) is 3. The fourth-order valence-corrected chi connectivity index (χ4v) is 2.29. The molecule has 4 nitrogen and oxygen atoms in total. The molecular weight excluding hydrogens is 226 g/mol. The van der Waals surface area contributed by atoms with Crippen molar-refractivity contribution < 1.29 is 4.42 Å². The average molecular weight is 247 g/mol. The number of rotatable bonds is 6. The van der Waals surface area contributed by atoms with E-state index in [0.717, 1.165) is 30.8 Å². The molecule has 2 rings (SSSR count). The van der Waals surface area contributed by atoms with Crippen molar-refractivity contribution in [3.63, 3.8) is 0 Å². The molecule has 0 aromatic carbocycles. The fraction of sp³-hybridized carbons (Fsp3) is 0.500. The van der Waals surface area contributed by atoms with Gasteiger partial charge in [0.2, 0.25) is 0 Å². The molecule has 0 saturated heterocycles. The number of furan rings is 1. The van der Waals surface area contributed by atoms with Crippen molar-refractivity contribution in [3.8, 4) is 0 Å². The molecule has 98 valence electrons. The number of nitrogens with zero attached hydrogens (tertiary/aromatic N) is 2. The van der Waals surface area contributed by atoms with Crippen LogP contribution in [-0.2, 0) is 19.9 Å². The van der Waals surface area contributed by atoms with E-state index in [9.17, 15) is 0 Å². The smallest absolute Gasteiger partial charge is 0.105 e. The van der Waals surface area contributed by atoms with Crippen LogP contribution in [0.1, 0.15) is 36.9 Å². The maximum atomic E-state index is 5.44. The Kier molecular flexibility index (Phi) is 4.20. The normalized spacial score (nSPS) is 12.8.